The van der Waals surface area contributed by atoms with Gasteiger partial charge in [-0.15, -0.1) is 0 Å². The summed E-state index contributed by atoms with van der Waals surface area (Å²) >= 11 is 0. The Balaban J connectivity index is 2.11. The van der Waals surface area contributed by atoms with Crippen LogP contribution in [0.2, 0.25) is 0 Å². The third-order valence-electron chi connectivity index (χ3n) is 4.27. The van der Waals surface area contributed by atoms with Gasteiger partial charge in [-0.3, -0.25) is 4.79 Å². The van der Waals surface area contributed by atoms with E-state index in [9.17, 15) is 4.79 Å². The van der Waals surface area contributed by atoms with Gasteiger partial charge < -0.3 is 9.88 Å². The number of pyridine rings is 3. The van der Waals surface area contributed by atoms with Gasteiger partial charge in [0.15, 0.2) is 0 Å². The minimum absolute atomic E-state index is 0.0631. The van der Waals surface area contributed by atoms with Crippen molar-refractivity contribution in [3.8, 4) is 0 Å². The van der Waals surface area contributed by atoms with Gasteiger partial charge in [0.2, 0.25) is 0 Å². The number of aryl methyl sites for hydroxylation is 2. The summed E-state index contributed by atoms with van der Waals surface area (Å²) in [4.78, 5) is 21.7. The van der Waals surface area contributed by atoms with Gasteiger partial charge in [0.05, 0.1) is 5.52 Å². The summed E-state index contributed by atoms with van der Waals surface area (Å²) in [6.45, 7) is 10.8. The van der Waals surface area contributed by atoms with Crippen LogP contribution in [0.1, 0.15) is 38.8 Å². The number of hydrogen-bond donors (Lipinski definition) is 1. The third kappa shape index (κ3) is 3.40. The van der Waals surface area contributed by atoms with Crippen molar-refractivity contribution in [3.63, 3.8) is 0 Å². The highest BCUT2D eigenvalue weighted by atomic mass is 16.1. The Morgan fingerprint density at radius 2 is 1.80 bits per heavy atom. The summed E-state index contributed by atoms with van der Waals surface area (Å²) < 4.78 is 1.81. The van der Waals surface area contributed by atoms with E-state index in [1.807, 2.05) is 48.9 Å². The smallest absolute Gasteiger partial charge is 0.254 e. The summed E-state index contributed by atoms with van der Waals surface area (Å²) in [5.41, 5.74) is 2.65. The van der Waals surface area contributed by atoms with Crippen molar-refractivity contribution in [2.45, 2.75) is 46.6 Å². The van der Waals surface area contributed by atoms with Crippen molar-refractivity contribution < 1.29 is 0 Å². The predicted octanol–water partition coefficient (Wildman–Crippen LogP) is 4.16. The van der Waals surface area contributed by atoms with Gasteiger partial charge in [-0.2, -0.15) is 0 Å². The van der Waals surface area contributed by atoms with Gasteiger partial charge in [-0.1, -0.05) is 26.8 Å². The molecule has 3 heterocycles. The fraction of sp³-hybridized carbons (Fsp3) is 0.350. The van der Waals surface area contributed by atoms with E-state index < -0.39 is 0 Å². The number of nitrogens with zero attached hydrogens (tertiary/aromatic N) is 3. The molecule has 130 valence electrons. The SMILES string of the molecule is CCn1c(=O)c(C(C)(C)C)cc2cnc(Nc3ccc(C)cn3)cc21. The second-order valence-corrected chi connectivity index (χ2v) is 7.33. The highest BCUT2D eigenvalue weighted by Gasteiger charge is 2.20. The topological polar surface area (TPSA) is 59.8 Å². The molecule has 0 radical (unpaired) electrons. The van der Waals surface area contributed by atoms with E-state index in [0.717, 1.165) is 27.8 Å². The Morgan fingerprint density at radius 1 is 1.08 bits per heavy atom. The lowest BCUT2D eigenvalue weighted by Gasteiger charge is -2.21. The molecule has 0 saturated heterocycles. The zero-order valence-electron chi connectivity index (χ0n) is 15.4. The fourth-order valence-corrected chi connectivity index (χ4v) is 2.86. The number of hydrogen-bond acceptors (Lipinski definition) is 4. The zero-order chi connectivity index (χ0) is 18.2. The maximum absolute atomic E-state index is 12.9. The molecule has 25 heavy (non-hydrogen) atoms. The van der Waals surface area contributed by atoms with Gasteiger partial charge in [-0.25, -0.2) is 9.97 Å². The van der Waals surface area contributed by atoms with Gasteiger partial charge in [0.25, 0.3) is 5.56 Å². The largest absolute Gasteiger partial charge is 0.325 e. The number of nitrogens with one attached hydrogen (secondary N) is 1. The van der Waals surface area contributed by atoms with Crippen LogP contribution in [-0.4, -0.2) is 14.5 Å². The van der Waals surface area contributed by atoms with Crippen LogP contribution in [-0.2, 0) is 12.0 Å². The molecule has 0 amide bonds. The van der Waals surface area contributed by atoms with Gasteiger partial charge in [0.1, 0.15) is 11.6 Å². The Hall–Kier alpha value is -2.69. The molecule has 0 fully saturated rings. The highest BCUT2D eigenvalue weighted by Crippen LogP contribution is 2.24. The first-order valence-electron chi connectivity index (χ1n) is 8.53. The van der Waals surface area contributed by atoms with Crippen LogP contribution in [0.25, 0.3) is 10.9 Å². The zero-order valence-corrected chi connectivity index (χ0v) is 15.4. The lowest BCUT2D eigenvalue weighted by molar-refractivity contribution is 0.571. The normalized spacial score (nSPS) is 11.7. The average molecular weight is 336 g/mol. The van der Waals surface area contributed by atoms with E-state index in [4.69, 9.17) is 0 Å². The van der Waals surface area contributed by atoms with Crippen LogP contribution >= 0.6 is 0 Å². The van der Waals surface area contributed by atoms with Crippen LogP contribution in [0, 0.1) is 6.92 Å². The molecule has 5 heteroatoms. The Bertz CT molecular complexity index is 966. The molecule has 0 atom stereocenters. The molecule has 0 saturated carbocycles. The average Bonchev–Trinajstić information content (AvgIpc) is 2.55. The lowest BCUT2D eigenvalue weighted by Crippen LogP contribution is -2.30. The molecule has 1 N–H and O–H groups in total. The van der Waals surface area contributed by atoms with Crippen molar-refractivity contribution in [2.75, 3.05) is 5.32 Å². The lowest BCUT2D eigenvalue weighted by atomic mass is 9.87. The molecule has 0 aliphatic carbocycles. The van der Waals surface area contributed by atoms with Gasteiger partial charge in [0, 0.05) is 36.0 Å². The number of rotatable bonds is 3. The predicted molar refractivity (Wildman–Crippen MR) is 103 cm³/mol. The summed E-state index contributed by atoms with van der Waals surface area (Å²) in [6, 6.07) is 7.78. The monoisotopic (exact) mass is 336 g/mol. The standard InChI is InChI=1S/C20H24N4O/c1-6-24-16-10-18(23-17-8-7-13(2)11-21-17)22-12-14(16)9-15(19(24)25)20(3,4)5/h7-12H,6H2,1-5H3,(H,21,22,23). The molecule has 0 bridgehead atoms. The van der Waals surface area contributed by atoms with E-state index in [1.54, 1.807) is 6.20 Å². The van der Waals surface area contributed by atoms with Crippen LogP contribution in [0.3, 0.4) is 0 Å². The molecule has 0 aliphatic heterocycles. The maximum atomic E-state index is 12.9. The highest BCUT2D eigenvalue weighted by molar-refractivity contribution is 5.82. The molecule has 5 nitrogen and oxygen atoms in total. The minimum atomic E-state index is -0.203. The molecule has 0 aliphatic rings. The summed E-state index contributed by atoms with van der Waals surface area (Å²) in [7, 11) is 0. The van der Waals surface area contributed by atoms with Crippen molar-refractivity contribution in [1.29, 1.82) is 0 Å². The van der Waals surface area contributed by atoms with E-state index in [-0.39, 0.29) is 11.0 Å². The maximum Gasteiger partial charge on any atom is 0.254 e. The van der Waals surface area contributed by atoms with Gasteiger partial charge >= 0.3 is 0 Å². The van der Waals surface area contributed by atoms with E-state index in [0.29, 0.717) is 12.4 Å². The van der Waals surface area contributed by atoms with E-state index in [2.05, 4.69) is 36.1 Å². The van der Waals surface area contributed by atoms with Crippen molar-refractivity contribution >= 4 is 22.5 Å². The summed E-state index contributed by atoms with van der Waals surface area (Å²) in [6.07, 6.45) is 3.62. The number of fused-ring (bicyclic) bond motifs is 1. The Labute approximate surface area is 147 Å². The van der Waals surface area contributed by atoms with Crippen molar-refractivity contribution in [3.05, 3.63) is 58.1 Å². The molecule has 3 aromatic rings. The first kappa shape index (κ1) is 17.1. The Kier molecular flexibility index (Phi) is 4.33. The molecule has 0 aromatic carbocycles. The third-order valence-corrected chi connectivity index (χ3v) is 4.27. The van der Waals surface area contributed by atoms with Gasteiger partial charge in [-0.05, 0) is 37.0 Å². The van der Waals surface area contributed by atoms with Crippen LogP contribution in [0.5, 0.6) is 0 Å². The second kappa shape index (κ2) is 6.31. The molecular weight excluding hydrogens is 312 g/mol. The summed E-state index contributed by atoms with van der Waals surface area (Å²) in [5.74, 6) is 1.41. The molecule has 3 rings (SSSR count). The summed E-state index contributed by atoms with van der Waals surface area (Å²) in [5, 5.41) is 4.17. The van der Waals surface area contributed by atoms with Crippen LogP contribution < -0.4 is 10.9 Å². The molecular formula is C20H24N4O. The van der Waals surface area contributed by atoms with Crippen molar-refractivity contribution in [1.82, 2.24) is 14.5 Å². The van der Waals surface area contributed by atoms with E-state index in [1.165, 1.54) is 0 Å². The van der Waals surface area contributed by atoms with Crippen molar-refractivity contribution in [2.24, 2.45) is 0 Å². The minimum Gasteiger partial charge on any atom is -0.325 e. The fourth-order valence-electron chi connectivity index (χ4n) is 2.86. The first-order chi connectivity index (χ1) is 11.8. The molecule has 0 unspecified atom stereocenters. The number of anilines is 2. The Morgan fingerprint density at radius 3 is 2.40 bits per heavy atom. The first-order valence-corrected chi connectivity index (χ1v) is 8.53. The van der Waals surface area contributed by atoms with E-state index >= 15 is 0 Å². The van der Waals surface area contributed by atoms with Crippen LogP contribution in [0.4, 0.5) is 11.6 Å². The van der Waals surface area contributed by atoms with Crippen LogP contribution in [0.15, 0.2) is 41.5 Å². The second-order valence-electron chi connectivity index (χ2n) is 7.33. The molecule has 3 aromatic heterocycles. The number of aromatic nitrogens is 3. The molecule has 0 spiro atoms. The quantitative estimate of drug-likeness (QED) is 0.780.